The van der Waals surface area contributed by atoms with Gasteiger partial charge in [-0.15, -0.1) is 11.3 Å². The van der Waals surface area contributed by atoms with Gasteiger partial charge in [0.25, 0.3) is 0 Å². The molecule has 0 fully saturated rings. The van der Waals surface area contributed by atoms with Gasteiger partial charge in [0.05, 0.1) is 5.39 Å². The number of nitrogens with one attached hydrogen (secondary N) is 2. The van der Waals surface area contributed by atoms with Crippen LogP contribution in [0.2, 0.25) is 0 Å². The van der Waals surface area contributed by atoms with E-state index in [4.69, 9.17) is 4.74 Å². The van der Waals surface area contributed by atoms with E-state index in [9.17, 15) is 0 Å². The summed E-state index contributed by atoms with van der Waals surface area (Å²) in [6.45, 7) is 5.73. The summed E-state index contributed by atoms with van der Waals surface area (Å²) in [4.78, 5) is 10.0. The highest BCUT2D eigenvalue weighted by Gasteiger charge is 2.10. The number of rotatable bonds is 7. The normalized spacial score (nSPS) is 12.6. The summed E-state index contributed by atoms with van der Waals surface area (Å²) in [5.41, 5.74) is 0. The number of aromatic nitrogens is 2. The molecule has 0 saturated carbocycles. The first-order chi connectivity index (χ1) is 9.24. The van der Waals surface area contributed by atoms with Crippen LogP contribution in [-0.4, -0.2) is 36.3 Å². The van der Waals surface area contributed by atoms with Crippen molar-refractivity contribution in [3.05, 3.63) is 11.4 Å². The summed E-state index contributed by atoms with van der Waals surface area (Å²) in [7, 11) is 1.72. The number of anilines is 2. The summed E-state index contributed by atoms with van der Waals surface area (Å²) in [6, 6.07) is 2.37. The molecule has 2 heterocycles. The Morgan fingerprint density at radius 2 is 2.26 bits per heavy atom. The van der Waals surface area contributed by atoms with Crippen LogP contribution in [0.15, 0.2) is 11.4 Å². The number of hydrogen-bond acceptors (Lipinski definition) is 6. The molecule has 2 aromatic rings. The lowest BCUT2D eigenvalue weighted by Crippen LogP contribution is -2.18. The van der Waals surface area contributed by atoms with Gasteiger partial charge in [0.15, 0.2) is 0 Å². The molecule has 1 unspecified atom stereocenters. The van der Waals surface area contributed by atoms with E-state index in [2.05, 4.69) is 33.6 Å². The maximum atomic E-state index is 5.10. The molecule has 0 aliphatic carbocycles. The van der Waals surface area contributed by atoms with Gasteiger partial charge in [0.1, 0.15) is 10.6 Å². The van der Waals surface area contributed by atoms with E-state index in [0.717, 1.165) is 35.6 Å². The Hall–Kier alpha value is -1.40. The van der Waals surface area contributed by atoms with Crippen molar-refractivity contribution in [3.8, 4) is 0 Å². The van der Waals surface area contributed by atoms with Crippen LogP contribution in [0.1, 0.15) is 20.3 Å². The number of hydrogen-bond donors (Lipinski definition) is 2. The molecular weight excluding hydrogens is 260 g/mol. The summed E-state index contributed by atoms with van der Waals surface area (Å²) < 4.78 is 5.10. The second-order valence-corrected chi connectivity index (χ2v) is 5.29. The molecular formula is C13H20N4OS. The van der Waals surface area contributed by atoms with Gasteiger partial charge in [-0.05, 0) is 31.7 Å². The van der Waals surface area contributed by atoms with Gasteiger partial charge in [0.2, 0.25) is 5.95 Å². The van der Waals surface area contributed by atoms with Gasteiger partial charge >= 0.3 is 0 Å². The number of nitrogens with zero attached hydrogens (tertiary/aromatic N) is 2. The minimum Gasteiger partial charge on any atom is -0.385 e. The fourth-order valence-corrected chi connectivity index (χ4v) is 2.57. The lowest BCUT2D eigenvalue weighted by atomic mass is 10.2. The Morgan fingerprint density at radius 1 is 1.42 bits per heavy atom. The van der Waals surface area contributed by atoms with Gasteiger partial charge in [-0.25, -0.2) is 4.98 Å². The summed E-state index contributed by atoms with van der Waals surface area (Å²) in [6.07, 6.45) is 0.947. The molecule has 2 rings (SSSR count). The quantitative estimate of drug-likeness (QED) is 0.816. The van der Waals surface area contributed by atoms with Crippen molar-refractivity contribution in [1.82, 2.24) is 9.97 Å². The van der Waals surface area contributed by atoms with Crippen molar-refractivity contribution in [2.75, 3.05) is 30.9 Å². The van der Waals surface area contributed by atoms with E-state index in [1.165, 1.54) is 0 Å². The maximum Gasteiger partial charge on any atom is 0.226 e. The lowest BCUT2D eigenvalue weighted by molar-refractivity contribution is 0.191. The molecule has 0 spiro atoms. The number of thiophene rings is 1. The Bertz CT molecular complexity index is 528. The largest absolute Gasteiger partial charge is 0.385 e. The Labute approximate surface area is 117 Å². The van der Waals surface area contributed by atoms with E-state index in [1.807, 2.05) is 12.3 Å². The Balaban J connectivity index is 2.21. The van der Waals surface area contributed by atoms with Crippen molar-refractivity contribution in [1.29, 1.82) is 0 Å². The molecule has 0 aromatic carbocycles. The topological polar surface area (TPSA) is 59.1 Å². The van der Waals surface area contributed by atoms with Crippen LogP contribution in [0.25, 0.3) is 10.2 Å². The fraction of sp³-hybridized carbons (Fsp3) is 0.538. The predicted octanol–water partition coefficient (Wildman–Crippen LogP) is 2.96. The summed E-state index contributed by atoms with van der Waals surface area (Å²) in [5.74, 6) is 1.57. The minimum atomic E-state index is 0.312. The zero-order valence-corrected chi connectivity index (χ0v) is 12.4. The third kappa shape index (κ3) is 3.54. The standard InChI is InChI=1S/C13H20N4OS/c1-4-14-13-16-11(15-9(2)5-7-18-3)10-6-8-19-12(10)17-13/h6,8-9H,4-5,7H2,1-3H3,(H2,14,15,16,17). The van der Waals surface area contributed by atoms with Crippen LogP contribution in [-0.2, 0) is 4.74 Å². The average molecular weight is 280 g/mol. The third-order valence-corrected chi connectivity index (χ3v) is 3.60. The molecule has 1 atom stereocenters. The van der Waals surface area contributed by atoms with Crippen LogP contribution in [0, 0.1) is 0 Å². The molecule has 6 heteroatoms. The average Bonchev–Trinajstić information content (AvgIpc) is 2.85. The van der Waals surface area contributed by atoms with E-state index >= 15 is 0 Å². The zero-order chi connectivity index (χ0) is 13.7. The first kappa shape index (κ1) is 14.0. The number of ether oxygens (including phenoxy) is 1. The molecule has 104 valence electrons. The van der Waals surface area contributed by atoms with Crippen LogP contribution in [0.3, 0.4) is 0 Å². The van der Waals surface area contributed by atoms with Crippen LogP contribution >= 0.6 is 11.3 Å². The molecule has 5 nitrogen and oxygen atoms in total. The molecule has 0 amide bonds. The van der Waals surface area contributed by atoms with Gasteiger partial charge in [-0.2, -0.15) is 4.98 Å². The number of methoxy groups -OCH3 is 1. The van der Waals surface area contributed by atoms with E-state index in [-0.39, 0.29) is 0 Å². The fourth-order valence-electron chi connectivity index (χ4n) is 1.80. The monoisotopic (exact) mass is 280 g/mol. The highest BCUT2D eigenvalue weighted by atomic mass is 32.1. The van der Waals surface area contributed by atoms with Gasteiger partial charge in [-0.1, -0.05) is 0 Å². The van der Waals surface area contributed by atoms with Crippen LogP contribution < -0.4 is 10.6 Å². The second-order valence-electron chi connectivity index (χ2n) is 4.39. The summed E-state index contributed by atoms with van der Waals surface area (Å²) in [5, 5.41) is 9.73. The maximum absolute atomic E-state index is 5.10. The van der Waals surface area contributed by atoms with Crippen molar-refractivity contribution in [2.45, 2.75) is 26.3 Å². The second kappa shape index (κ2) is 6.68. The molecule has 2 aromatic heterocycles. The van der Waals surface area contributed by atoms with E-state index < -0.39 is 0 Å². The van der Waals surface area contributed by atoms with E-state index in [1.54, 1.807) is 18.4 Å². The van der Waals surface area contributed by atoms with Crippen molar-refractivity contribution in [3.63, 3.8) is 0 Å². The van der Waals surface area contributed by atoms with Gasteiger partial charge in [-0.3, -0.25) is 0 Å². The molecule has 0 saturated heterocycles. The van der Waals surface area contributed by atoms with Crippen molar-refractivity contribution >= 4 is 33.3 Å². The van der Waals surface area contributed by atoms with Crippen molar-refractivity contribution < 1.29 is 4.74 Å². The molecule has 0 aliphatic heterocycles. The van der Waals surface area contributed by atoms with Crippen LogP contribution in [0.5, 0.6) is 0 Å². The molecule has 0 aliphatic rings. The minimum absolute atomic E-state index is 0.312. The highest BCUT2D eigenvalue weighted by molar-refractivity contribution is 7.16. The molecule has 19 heavy (non-hydrogen) atoms. The smallest absolute Gasteiger partial charge is 0.226 e. The highest BCUT2D eigenvalue weighted by Crippen LogP contribution is 2.27. The molecule has 0 bridgehead atoms. The molecule has 2 N–H and O–H groups in total. The van der Waals surface area contributed by atoms with Gasteiger partial charge < -0.3 is 15.4 Å². The van der Waals surface area contributed by atoms with Crippen molar-refractivity contribution in [2.24, 2.45) is 0 Å². The zero-order valence-electron chi connectivity index (χ0n) is 11.6. The number of fused-ring (bicyclic) bond motifs is 1. The Kier molecular flexibility index (Phi) is 4.93. The third-order valence-electron chi connectivity index (χ3n) is 2.80. The van der Waals surface area contributed by atoms with Crippen LogP contribution in [0.4, 0.5) is 11.8 Å². The predicted molar refractivity (Wildman–Crippen MR) is 81.2 cm³/mol. The SMILES string of the molecule is CCNc1nc(NC(C)CCOC)c2ccsc2n1. The summed E-state index contributed by atoms with van der Waals surface area (Å²) >= 11 is 1.63. The lowest BCUT2D eigenvalue weighted by Gasteiger charge is -2.15. The Morgan fingerprint density at radius 3 is 3.00 bits per heavy atom. The first-order valence-electron chi connectivity index (χ1n) is 6.49. The van der Waals surface area contributed by atoms with Gasteiger partial charge in [0, 0.05) is 26.3 Å². The molecule has 0 radical (unpaired) electrons. The van der Waals surface area contributed by atoms with E-state index in [0.29, 0.717) is 12.0 Å². The first-order valence-corrected chi connectivity index (χ1v) is 7.37.